The van der Waals surface area contributed by atoms with E-state index in [-0.39, 0.29) is 24.2 Å². The average Bonchev–Trinajstić information content (AvgIpc) is 3.35. The van der Waals surface area contributed by atoms with Crippen molar-refractivity contribution in [3.63, 3.8) is 0 Å². The quantitative estimate of drug-likeness (QED) is 0.322. The summed E-state index contributed by atoms with van der Waals surface area (Å²) >= 11 is 0. The van der Waals surface area contributed by atoms with Crippen LogP contribution in [0.25, 0.3) is 0 Å². The highest BCUT2D eigenvalue weighted by molar-refractivity contribution is 5.96. The van der Waals surface area contributed by atoms with E-state index in [1.807, 2.05) is 60.7 Å². The second-order valence-corrected chi connectivity index (χ2v) is 9.56. The van der Waals surface area contributed by atoms with Gasteiger partial charge in [-0.3, -0.25) is 0 Å². The van der Waals surface area contributed by atoms with E-state index in [0.717, 1.165) is 17.8 Å². The number of hydrogen-bond donors (Lipinski definition) is 1. The predicted octanol–water partition coefficient (Wildman–Crippen LogP) is 7.14. The van der Waals surface area contributed by atoms with Crippen LogP contribution in [0.15, 0.2) is 109 Å². The van der Waals surface area contributed by atoms with E-state index in [2.05, 4.69) is 67.7 Å². The van der Waals surface area contributed by atoms with Gasteiger partial charge in [0.05, 0.1) is 11.4 Å². The van der Waals surface area contributed by atoms with E-state index < -0.39 is 0 Å². The Balaban J connectivity index is 1.36. The number of benzene rings is 4. The molecule has 2 unspecified atom stereocenters. The maximum absolute atomic E-state index is 13.5. The Morgan fingerprint density at radius 3 is 1.69 bits per heavy atom. The van der Waals surface area contributed by atoms with Crippen molar-refractivity contribution in [3.8, 4) is 0 Å². The first-order valence-corrected chi connectivity index (χ1v) is 12.6. The van der Waals surface area contributed by atoms with E-state index in [1.165, 1.54) is 22.3 Å². The zero-order chi connectivity index (χ0) is 24.9. The molecule has 1 saturated heterocycles. The van der Waals surface area contributed by atoms with Crippen LogP contribution in [0.5, 0.6) is 0 Å². The lowest BCUT2D eigenvalue weighted by atomic mass is 9.83. The fourth-order valence-corrected chi connectivity index (χ4v) is 4.99. The van der Waals surface area contributed by atoms with Crippen LogP contribution in [0.2, 0.25) is 0 Å². The summed E-state index contributed by atoms with van der Waals surface area (Å²) in [5.41, 5.74) is 6.60. The SMILES string of the molecule is Cc1ccc(C(c2ccc(C)cc2)C2CC(OC(=O)N(c3ccccc3)c3ccccc3)CN2)cc1. The normalized spacial score (nSPS) is 17.2. The Kier molecular flexibility index (Phi) is 7.15. The van der Waals surface area contributed by atoms with Crippen molar-refractivity contribution in [1.29, 1.82) is 0 Å². The molecule has 4 heteroatoms. The minimum absolute atomic E-state index is 0.162. The van der Waals surface area contributed by atoms with E-state index in [0.29, 0.717) is 6.54 Å². The summed E-state index contributed by atoms with van der Waals surface area (Å²) < 4.78 is 6.10. The Bertz CT molecular complexity index is 1190. The lowest BCUT2D eigenvalue weighted by Crippen LogP contribution is -2.31. The van der Waals surface area contributed by atoms with Crippen LogP contribution in [0.3, 0.4) is 0 Å². The standard InChI is InChI=1S/C32H32N2O2/c1-23-13-17-25(18-14-23)31(26-19-15-24(2)16-20-26)30-21-29(22-33-30)36-32(35)34(27-9-5-3-6-10-27)28-11-7-4-8-12-28/h3-20,29-31,33H,21-22H2,1-2H3. The van der Waals surface area contributed by atoms with Gasteiger partial charge in [-0.05, 0) is 49.2 Å². The number of carbonyl (C=O) groups is 1. The molecule has 182 valence electrons. The molecule has 1 aliphatic heterocycles. The zero-order valence-corrected chi connectivity index (χ0v) is 20.8. The van der Waals surface area contributed by atoms with E-state index >= 15 is 0 Å². The molecule has 1 aliphatic rings. The van der Waals surface area contributed by atoms with Gasteiger partial charge in [-0.1, -0.05) is 96.1 Å². The fraction of sp³-hybridized carbons (Fsp3) is 0.219. The van der Waals surface area contributed by atoms with Crippen LogP contribution >= 0.6 is 0 Å². The first kappa shape index (κ1) is 23.8. The third kappa shape index (κ3) is 5.34. The number of para-hydroxylation sites is 2. The van der Waals surface area contributed by atoms with Gasteiger partial charge in [-0.15, -0.1) is 0 Å². The lowest BCUT2D eigenvalue weighted by molar-refractivity contribution is 0.115. The molecular formula is C32H32N2O2. The molecule has 0 saturated carbocycles. The summed E-state index contributed by atoms with van der Waals surface area (Å²) in [7, 11) is 0. The molecule has 2 atom stereocenters. The number of ether oxygens (including phenoxy) is 1. The predicted molar refractivity (Wildman–Crippen MR) is 146 cm³/mol. The highest BCUT2D eigenvalue weighted by Crippen LogP contribution is 2.34. The number of hydrogen-bond acceptors (Lipinski definition) is 3. The number of amides is 1. The molecule has 0 spiro atoms. The van der Waals surface area contributed by atoms with Crippen molar-refractivity contribution in [2.24, 2.45) is 0 Å². The molecule has 0 bridgehead atoms. The first-order valence-electron chi connectivity index (χ1n) is 12.6. The molecule has 1 heterocycles. The van der Waals surface area contributed by atoms with Crippen molar-refractivity contribution in [2.75, 3.05) is 11.4 Å². The van der Waals surface area contributed by atoms with Crippen molar-refractivity contribution in [2.45, 2.75) is 38.3 Å². The van der Waals surface area contributed by atoms with Crippen LogP contribution in [0.1, 0.15) is 34.6 Å². The summed E-state index contributed by atoms with van der Waals surface area (Å²) in [5.74, 6) is 0.175. The Morgan fingerprint density at radius 2 is 1.22 bits per heavy atom. The van der Waals surface area contributed by atoms with Gasteiger partial charge >= 0.3 is 6.09 Å². The molecule has 4 aromatic carbocycles. The molecule has 0 aliphatic carbocycles. The summed E-state index contributed by atoms with van der Waals surface area (Å²) in [6.45, 7) is 4.85. The second-order valence-electron chi connectivity index (χ2n) is 9.56. The molecule has 1 fully saturated rings. The minimum atomic E-state index is -0.359. The molecule has 36 heavy (non-hydrogen) atoms. The Labute approximate surface area is 213 Å². The Morgan fingerprint density at radius 1 is 0.750 bits per heavy atom. The van der Waals surface area contributed by atoms with Gasteiger partial charge in [0.25, 0.3) is 0 Å². The van der Waals surface area contributed by atoms with Gasteiger partial charge < -0.3 is 10.1 Å². The number of carbonyl (C=O) groups excluding carboxylic acids is 1. The van der Waals surface area contributed by atoms with Crippen molar-refractivity contribution in [1.82, 2.24) is 5.32 Å². The molecule has 0 radical (unpaired) electrons. The van der Waals surface area contributed by atoms with Gasteiger partial charge in [-0.25, -0.2) is 9.69 Å². The number of nitrogens with zero attached hydrogens (tertiary/aromatic N) is 1. The maximum Gasteiger partial charge on any atom is 0.419 e. The summed E-state index contributed by atoms with van der Waals surface area (Å²) in [4.78, 5) is 15.1. The summed E-state index contributed by atoms with van der Waals surface area (Å²) in [6.07, 6.45) is 0.174. The van der Waals surface area contributed by atoms with Crippen LogP contribution < -0.4 is 10.2 Å². The third-order valence-corrected chi connectivity index (χ3v) is 6.88. The third-order valence-electron chi connectivity index (χ3n) is 6.88. The molecule has 0 aromatic heterocycles. The number of aryl methyl sites for hydroxylation is 2. The zero-order valence-electron chi connectivity index (χ0n) is 20.8. The number of anilines is 2. The van der Waals surface area contributed by atoms with Gasteiger partial charge in [0.15, 0.2) is 0 Å². The number of nitrogens with one attached hydrogen (secondary N) is 1. The van der Waals surface area contributed by atoms with Crippen LogP contribution in [-0.4, -0.2) is 24.8 Å². The van der Waals surface area contributed by atoms with Gasteiger partial charge in [0.2, 0.25) is 0 Å². The monoisotopic (exact) mass is 476 g/mol. The largest absolute Gasteiger partial charge is 0.444 e. The van der Waals surface area contributed by atoms with Crippen molar-refractivity contribution >= 4 is 17.5 Å². The van der Waals surface area contributed by atoms with Gasteiger partial charge in [-0.2, -0.15) is 0 Å². The molecular weight excluding hydrogens is 444 g/mol. The van der Waals surface area contributed by atoms with Crippen molar-refractivity contribution < 1.29 is 9.53 Å². The van der Waals surface area contributed by atoms with Crippen LogP contribution in [0, 0.1) is 13.8 Å². The molecule has 1 amide bonds. The first-order chi connectivity index (χ1) is 17.6. The molecule has 4 aromatic rings. The smallest absolute Gasteiger partial charge is 0.419 e. The maximum atomic E-state index is 13.5. The van der Waals surface area contributed by atoms with Gasteiger partial charge in [0.1, 0.15) is 6.10 Å². The van der Waals surface area contributed by atoms with Crippen LogP contribution in [-0.2, 0) is 4.74 Å². The van der Waals surface area contributed by atoms with E-state index in [1.54, 1.807) is 4.90 Å². The number of rotatable bonds is 6. The second kappa shape index (κ2) is 10.8. The summed E-state index contributed by atoms with van der Waals surface area (Å²) in [6, 6.07) is 37.0. The fourth-order valence-electron chi connectivity index (χ4n) is 4.99. The average molecular weight is 477 g/mol. The molecule has 1 N–H and O–H groups in total. The molecule has 5 rings (SSSR count). The van der Waals surface area contributed by atoms with Crippen LogP contribution in [0.4, 0.5) is 16.2 Å². The Hall–Kier alpha value is -3.89. The lowest BCUT2D eigenvalue weighted by Gasteiger charge is -2.26. The minimum Gasteiger partial charge on any atom is -0.444 e. The van der Waals surface area contributed by atoms with E-state index in [9.17, 15) is 4.79 Å². The topological polar surface area (TPSA) is 41.6 Å². The summed E-state index contributed by atoms with van der Waals surface area (Å²) in [5, 5.41) is 3.66. The van der Waals surface area contributed by atoms with E-state index in [4.69, 9.17) is 4.74 Å². The highest BCUT2D eigenvalue weighted by Gasteiger charge is 2.35. The highest BCUT2D eigenvalue weighted by atomic mass is 16.6. The van der Waals surface area contributed by atoms with Gasteiger partial charge in [0, 0.05) is 24.9 Å². The van der Waals surface area contributed by atoms with Crippen molar-refractivity contribution in [3.05, 3.63) is 131 Å². The molecule has 4 nitrogen and oxygen atoms in total.